The van der Waals surface area contributed by atoms with Gasteiger partial charge in [-0.2, -0.15) is 0 Å². The molecule has 0 radical (unpaired) electrons. The zero-order chi connectivity index (χ0) is 8.48. The molecule has 0 aliphatic heterocycles. The van der Waals surface area contributed by atoms with Crippen molar-refractivity contribution in [3.8, 4) is 0 Å². The largest absolute Gasteiger partial charge is 0.283 e. The Balaban J connectivity index is 3.14. The van der Waals surface area contributed by atoms with Crippen molar-refractivity contribution in [1.29, 1.82) is 0 Å². The van der Waals surface area contributed by atoms with Crippen LogP contribution < -0.4 is 5.19 Å². The first kappa shape index (κ1) is 10.7. The third-order valence-electron chi connectivity index (χ3n) is 1.45. The Morgan fingerprint density at radius 1 is 1.09 bits per heavy atom. The van der Waals surface area contributed by atoms with Crippen LogP contribution in [0.3, 0.4) is 0 Å². The van der Waals surface area contributed by atoms with Gasteiger partial charge >= 0.3 is 0 Å². The van der Waals surface area contributed by atoms with Gasteiger partial charge in [0.2, 0.25) is 0 Å². The van der Waals surface area contributed by atoms with E-state index in [-0.39, 0.29) is 0 Å². The van der Waals surface area contributed by atoms with Crippen LogP contribution in [-0.2, 0) is 0 Å². The van der Waals surface area contributed by atoms with Crippen LogP contribution in [0, 0.1) is 6.92 Å². The third-order valence-corrected chi connectivity index (χ3v) is 7.85. The van der Waals surface area contributed by atoms with Crippen molar-refractivity contribution in [3.63, 3.8) is 0 Å². The summed E-state index contributed by atoms with van der Waals surface area (Å²) in [6, 6.07) is 8.66. The topological polar surface area (TPSA) is 0 Å². The Labute approximate surface area is 106 Å². The summed E-state index contributed by atoms with van der Waals surface area (Å²) in [6.07, 6.45) is 0. The minimum atomic E-state index is -1.17. The molecule has 0 aliphatic rings. The maximum Gasteiger partial charge on any atom is 0.283 e. The minimum absolute atomic E-state index is 1.17. The van der Waals surface area contributed by atoms with Gasteiger partial charge in [0.1, 0.15) is 0 Å². The number of halogens is 3. The van der Waals surface area contributed by atoms with Crippen molar-refractivity contribution in [2.75, 3.05) is 0 Å². The fourth-order valence-corrected chi connectivity index (χ4v) is 7.15. The predicted molar refractivity (Wildman–Crippen MR) is 78.6 cm³/mol. The van der Waals surface area contributed by atoms with E-state index in [2.05, 4.69) is 96.6 Å². The quantitative estimate of drug-likeness (QED) is 0.315. The average Bonchev–Trinajstić information content (AvgIpc) is 1.86. The highest BCUT2D eigenvalue weighted by Crippen LogP contribution is 2.29. The maximum absolute atomic E-state index is 2.58. The maximum atomic E-state index is 2.58. The Hall–Kier alpha value is 1.63. The van der Waals surface area contributed by atoms with Gasteiger partial charge in [-0.05, 0) is 17.7 Å². The lowest BCUT2D eigenvalue weighted by Crippen LogP contribution is -2.29. The lowest BCUT2D eigenvalue weighted by Gasteiger charge is -2.12. The van der Waals surface area contributed by atoms with Crippen LogP contribution in [0.15, 0.2) is 24.3 Å². The Morgan fingerprint density at radius 3 is 2.00 bits per heavy atom. The molecule has 11 heavy (non-hydrogen) atoms. The lowest BCUT2D eigenvalue weighted by molar-refractivity contribution is 1.52. The molecule has 1 aromatic carbocycles. The van der Waals surface area contributed by atoms with E-state index in [4.69, 9.17) is 0 Å². The summed E-state index contributed by atoms with van der Waals surface area (Å²) < 4.78 is -1.17. The second-order valence-electron chi connectivity index (χ2n) is 2.31. The van der Waals surface area contributed by atoms with Crippen LogP contribution in [0.4, 0.5) is 0 Å². The highest BCUT2D eigenvalue weighted by atomic mass is 127. The summed E-state index contributed by atoms with van der Waals surface area (Å²) in [5, 5.41) is 1.54. The molecule has 0 unspecified atom stereocenters. The molecule has 1 aromatic rings. The molecule has 0 amide bonds. The Morgan fingerprint density at radius 2 is 1.64 bits per heavy atom. The summed E-state index contributed by atoms with van der Waals surface area (Å²) in [7, 11) is 0. The minimum Gasteiger partial charge on any atom is -0.0854 e. The van der Waals surface area contributed by atoms with E-state index < -0.39 is 0.564 Å². The van der Waals surface area contributed by atoms with E-state index in [0.717, 1.165) is 0 Å². The second-order valence-corrected chi connectivity index (χ2v) is 37.0. The van der Waals surface area contributed by atoms with E-state index in [1.807, 2.05) is 0 Å². The fourth-order valence-electron chi connectivity index (χ4n) is 0.891. The van der Waals surface area contributed by atoms with Crippen LogP contribution in [0.25, 0.3) is 0 Å². The van der Waals surface area contributed by atoms with Crippen molar-refractivity contribution in [2.45, 2.75) is 6.92 Å². The van der Waals surface area contributed by atoms with E-state index in [9.17, 15) is 0 Å². The van der Waals surface area contributed by atoms with Crippen LogP contribution in [0.1, 0.15) is 5.56 Å². The first-order valence-electron chi connectivity index (χ1n) is 3.14. The lowest BCUT2D eigenvalue weighted by atomic mass is 10.2. The molecule has 0 spiro atoms. The second kappa shape index (κ2) is 4.23. The van der Waals surface area contributed by atoms with Gasteiger partial charge < -0.3 is 0 Å². The van der Waals surface area contributed by atoms with Gasteiger partial charge in [0.05, 0.1) is 0 Å². The molecular weight excluding hydrogens is 493 g/mol. The molecule has 0 aliphatic carbocycles. The van der Waals surface area contributed by atoms with Crippen molar-refractivity contribution >= 4 is 71.1 Å². The van der Waals surface area contributed by atoms with Crippen molar-refractivity contribution in [1.82, 2.24) is 0 Å². The SMILES string of the molecule is Cc1ccccc1[Si](I)(I)I. The van der Waals surface area contributed by atoms with Crippen molar-refractivity contribution in [2.24, 2.45) is 0 Å². The molecule has 0 fully saturated rings. The van der Waals surface area contributed by atoms with Gasteiger partial charge in [0.15, 0.2) is 0 Å². The smallest absolute Gasteiger partial charge is 0.0854 e. The summed E-state index contributed by atoms with van der Waals surface area (Å²) in [5.41, 5.74) is 1.43. The van der Waals surface area contributed by atoms with E-state index in [1.165, 1.54) is 5.56 Å². The summed E-state index contributed by atoms with van der Waals surface area (Å²) in [6.45, 7) is 2.19. The predicted octanol–water partition coefficient (Wildman–Crippen LogP) is 3.45. The molecule has 4 heteroatoms. The van der Waals surface area contributed by atoms with Crippen LogP contribution in [0.5, 0.6) is 0 Å². The molecule has 0 saturated carbocycles. The normalized spacial score (nSPS) is 11.6. The molecule has 0 N–H and O–H groups in total. The number of rotatable bonds is 1. The number of benzene rings is 1. The van der Waals surface area contributed by atoms with Gasteiger partial charge in [-0.1, -0.05) is 89.7 Å². The fraction of sp³-hybridized carbons (Fsp3) is 0.143. The third kappa shape index (κ3) is 3.11. The van der Waals surface area contributed by atoms with Crippen molar-refractivity contribution in [3.05, 3.63) is 29.8 Å². The van der Waals surface area contributed by atoms with E-state index in [1.54, 1.807) is 5.19 Å². The van der Waals surface area contributed by atoms with Crippen molar-refractivity contribution < 1.29 is 0 Å². The van der Waals surface area contributed by atoms with Crippen LogP contribution in [0.2, 0.25) is 0 Å². The monoisotopic (exact) mass is 500 g/mol. The molecular formula is C7H7I3Si. The summed E-state index contributed by atoms with van der Waals surface area (Å²) >= 11 is 7.74. The van der Waals surface area contributed by atoms with Gasteiger partial charge in [-0.3, -0.25) is 0 Å². The number of hydrogen-bond donors (Lipinski definition) is 0. The van der Waals surface area contributed by atoms with Gasteiger partial charge in [-0.15, -0.1) is 0 Å². The Kier molecular flexibility index (Phi) is 4.11. The first-order valence-corrected chi connectivity index (χ1v) is 14.5. The van der Waals surface area contributed by atoms with Crippen LogP contribution in [-0.4, -0.2) is 0.564 Å². The molecule has 0 heterocycles. The van der Waals surface area contributed by atoms with Gasteiger partial charge in [0, 0.05) is 0 Å². The molecule has 60 valence electrons. The molecule has 0 atom stereocenters. The molecule has 0 nitrogen and oxygen atoms in total. The van der Waals surface area contributed by atoms with E-state index >= 15 is 0 Å². The summed E-state index contributed by atoms with van der Waals surface area (Å²) in [4.78, 5) is 0. The molecule has 0 bridgehead atoms. The standard InChI is InChI=1S/C7H7I3Si/c1-6-4-2-3-5-7(6)11(8,9)10/h2-5H,1H3. The van der Waals surface area contributed by atoms with Crippen LogP contribution >= 0.6 is 65.4 Å². The zero-order valence-corrected chi connectivity index (χ0v) is 13.4. The zero-order valence-electron chi connectivity index (χ0n) is 5.94. The summed E-state index contributed by atoms with van der Waals surface area (Å²) in [5.74, 6) is 0. The number of aryl methyl sites for hydroxylation is 1. The Bertz CT molecular complexity index is 254. The van der Waals surface area contributed by atoms with Gasteiger partial charge in [-0.25, -0.2) is 0 Å². The molecule has 0 aromatic heterocycles. The highest BCUT2D eigenvalue weighted by molar-refractivity contribution is 14.4. The number of hydrogen-bond acceptors (Lipinski definition) is 0. The van der Waals surface area contributed by atoms with Gasteiger partial charge in [0.25, 0.3) is 0.564 Å². The highest BCUT2D eigenvalue weighted by Gasteiger charge is 2.25. The van der Waals surface area contributed by atoms with E-state index in [0.29, 0.717) is 0 Å². The molecule has 1 rings (SSSR count). The first-order chi connectivity index (χ1) is 5.02. The molecule has 0 saturated heterocycles. The average molecular weight is 500 g/mol.